The van der Waals surface area contributed by atoms with Crippen molar-refractivity contribution in [3.05, 3.63) is 71.0 Å². The average molecular weight is 427 g/mol. The van der Waals surface area contributed by atoms with E-state index >= 15 is 0 Å². The molecule has 2 aromatic carbocycles. The molecular weight excluding hydrogens is 404 g/mol. The van der Waals surface area contributed by atoms with Gasteiger partial charge in [0.25, 0.3) is 0 Å². The summed E-state index contributed by atoms with van der Waals surface area (Å²) in [4.78, 5) is 4.50. The predicted octanol–water partition coefficient (Wildman–Crippen LogP) is 4.01. The van der Waals surface area contributed by atoms with Crippen molar-refractivity contribution >= 4 is 29.9 Å². The second kappa shape index (κ2) is 10.2. The van der Waals surface area contributed by atoms with Crippen LogP contribution in [0.1, 0.15) is 23.6 Å². The second-order valence-corrected chi connectivity index (χ2v) is 5.12. The summed E-state index contributed by atoms with van der Waals surface area (Å²) >= 11 is 0. The molecule has 2 N–H and O–H groups in total. The van der Waals surface area contributed by atoms with Crippen molar-refractivity contribution in [2.24, 2.45) is 4.99 Å². The van der Waals surface area contributed by atoms with Gasteiger partial charge in [0.2, 0.25) is 0 Å². The summed E-state index contributed by atoms with van der Waals surface area (Å²) in [6, 6.07) is 15.4. The number of hydrogen-bond donors (Lipinski definition) is 2. The van der Waals surface area contributed by atoms with E-state index in [9.17, 15) is 4.39 Å². The third kappa shape index (κ3) is 6.56. The summed E-state index contributed by atoms with van der Waals surface area (Å²) in [7, 11) is 0. The van der Waals surface area contributed by atoms with Gasteiger partial charge in [-0.05, 0) is 36.6 Å². The Labute approximate surface area is 154 Å². The molecule has 23 heavy (non-hydrogen) atoms. The first kappa shape index (κ1) is 19.4. The highest BCUT2D eigenvalue weighted by atomic mass is 127. The zero-order valence-corrected chi connectivity index (χ0v) is 15.8. The minimum Gasteiger partial charge on any atom is -0.357 e. The maximum absolute atomic E-state index is 13.5. The summed E-state index contributed by atoms with van der Waals surface area (Å²) in [5.74, 6) is 0.544. The second-order valence-electron chi connectivity index (χ2n) is 5.12. The molecule has 0 atom stereocenters. The molecule has 0 aliphatic heterocycles. The van der Waals surface area contributed by atoms with Crippen LogP contribution in [-0.2, 0) is 13.1 Å². The molecule has 2 rings (SSSR count). The first-order chi connectivity index (χ1) is 10.7. The van der Waals surface area contributed by atoms with E-state index in [1.807, 2.05) is 31.2 Å². The maximum atomic E-state index is 13.5. The first-order valence-corrected chi connectivity index (χ1v) is 7.50. The van der Waals surface area contributed by atoms with E-state index in [-0.39, 0.29) is 29.8 Å². The summed E-state index contributed by atoms with van der Waals surface area (Å²) in [6.45, 7) is 5.71. The SMILES string of the molecule is CCNC(=NCc1ccc(C)c(F)c1)NCc1ccccc1.I. The lowest BCUT2D eigenvalue weighted by Crippen LogP contribution is -2.36. The van der Waals surface area contributed by atoms with Crippen molar-refractivity contribution in [1.82, 2.24) is 10.6 Å². The van der Waals surface area contributed by atoms with Crippen molar-refractivity contribution in [3.63, 3.8) is 0 Å². The number of nitrogens with zero attached hydrogens (tertiary/aromatic N) is 1. The van der Waals surface area contributed by atoms with E-state index < -0.39 is 0 Å². The van der Waals surface area contributed by atoms with Gasteiger partial charge in [-0.3, -0.25) is 0 Å². The Morgan fingerprint density at radius 2 is 1.78 bits per heavy atom. The van der Waals surface area contributed by atoms with Gasteiger partial charge in [-0.25, -0.2) is 9.38 Å². The molecule has 0 aliphatic carbocycles. The monoisotopic (exact) mass is 427 g/mol. The number of rotatable bonds is 5. The van der Waals surface area contributed by atoms with Crippen LogP contribution in [-0.4, -0.2) is 12.5 Å². The number of guanidine groups is 1. The fourth-order valence-electron chi connectivity index (χ4n) is 2.03. The lowest BCUT2D eigenvalue weighted by atomic mass is 10.1. The van der Waals surface area contributed by atoms with E-state index in [1.54, 1.807) is 19.1 Å². The molecule has 0 saturated heterocycles. The Hall–Kier alpha value is -1.63. The molecule has 0 heterocycles. The van der Waals surface area contributed by atoms with Crippen LogP contribution in [0.2, 0.25) is 0 Å². The van der Waals surface area contributed by atoms with Gasteiger partial charge in [0.1, 0.15) is 5.82 Å². The van der Waals surface area contributed by atoms with Gasteiger partial charge in [0.05, 0.1) is 6.54 Å². The van der Waals surface area contributed by atoms with Crippen LogP contribution in [0.15, 0.2) is 53.5 Å². The molecule has 0 aromatic heterocycles. The highest BCUT2D eigenvalue weighted by Crippen LogP contribution is 2.10. The molecule has 3 nitrogen and oxygen atoms in total. The summed E-state index contributed by atoms with van der Waals surface area (Å²) in [6.07, 6.45) is 0. The zero-order valence-electron chi connectivity index (χ0n) is 13.5. The van der Waals surface area contributed by atoms with Gasteiger partial charge >= 0.3 is 0 Å². The molecule has 0 bridgehead atoms. The van der Waals surface area contributed by atoms with Gasteiger partial charge in [-0.15, -0.1) is 24.0 Å². The molecule has 0 radical (unpaired) electrons. The third-order valence-corrected chi connectivity index (χ3v) is 3.30. The fraction of sp³-hybridized carbons (Fsp3) is 0.278. The number of halogens is 2. The molecular formula is C18H23FIN3. The Morgan fingerprint density at radius 3 is 2.43 bits per heavy atom. The van der Waals surface area contributed by atoms with Crippen molar-refractivity contribution in [2.45, 2.75) is 26.9 Å². The van der Waals surface area contributed by atoms with Gasteiger partial charge < -0.3 is 10.6 Å². The molecule has 0 amide bonds. The summed E-state index contributed by atoms with van der Waals surface area (Å²) in [5.41, 5.74) is 2.70. The quantitative estimate of drug-likeness (QED) is 0.430. The Balaban J connectivity index is 0.00000264. The first-order valence-electron chi connectivity index (χ1n) is 7.50. The lowest BCUT2D eigenvalue weighted by Gasteiger charge is -2.11. The predicted molar refractivity (Wildman–Crippen MR) is 105 cm³/mol. The van der Waals surface area contributed by atoms with Crippen LogP contribution in [0.4, 0.5) is 4.39 Å². The van der Waals surface area contributed by atoms with Gasteiger partial charge in [0.15, 0.2) is 5.96 Å². The molecule has 2 aromatic rings. The van der Waals surface area contributed by atoms with Gasteiger partial charge in [-0.2, -0.15) is 0 Å². The minimum atomic E-state index is -0.185. The molecule has 0 unspecified atom stereocenters. The van der Waals surface area contributed by atoms with Crippen LogP contribution in [0, 0.1) is 12.7 Å². The summed E-state index contributed by atoms with van der Waals surface area (Å²) < 4.78 is 13.5. The van der Waals surface area contributed by atoms with E-state index in [0.29, 0.717) is 18.7 Å². The Kier molecular flexibility index (Phi) is 8.61. The van der Waals surface area contributed by atoms with E-state index in [4.69, 9.17) is 0 Å². The molecule has 0 aliphatic rings. The van der Waals surface area contributed by atoms with Crippen LogP contribution in [0.25, 0.3) is 0 Å². The lowest BCUT2D eigenvalue weighted by molar-refractivity contribution is 0.616. The highest BCUT2D eigenvalue weighted by Gasteiger charge is 2.01. The smallest absolute Gasteiger partial charge is 0.191 e. The number of hydrogen-bond acceptors (Lipinski definition) is 1. The maximum Gasteiger partial charge on any atom is 0.191 e. The number of nitrogens with one attached hydrogen (secondary N) is 2. The van der Waals surface area contributed by atoms with Crippen LogP contribution in [0.5, 0.6) is 0 Å². The Bertz CT molecular complexity index is 629. The average Bonchev–Trinajstić information content (AvgIpc) is 2.54. The Morgan fingerprint density at radius 1 is 1.04 bits per heavy atom. The van der Waals surface area contributed by atoms with Crippen molar-refractivity contribution in [1.29, 1.82) is 0 Å². The highest BCUT2D eigenvalue weighted by molar-refractivity contribution is 14.0. The van der Waals surface area contributed by atoms with Crippen molar-refractivity contribution < 1.29 is 4.39 Å². The molecule has 0 fully saturated rings. The van der Waals surface area contributed by atoms with E-state index in [1.165, 1.54) is 5.56 Å². The number of benzene rings is 2. The largest absolute Gasteiger partial charge is 0.357 e. The van der Waals surface area contributed by atoms with Crippen molar-refractivity contribution in [2.75, 3.05) is 6.54 Å². The fourth-order valence-corrected chi connectivity index (χ4v) is 2.03. The zero-order chi connectivity index (χ0) is 15.8. The number of aliphatic imine (C=N–C) groups is 1. The topological polar surface area (TPSA) is 36.4 Å². The van der Waals surface area contributed by atoms with E-state index in [0.717, 1.165) is 18.1 Å². The summed E-state index contributed by atoms with van der Waals surface area (Å²) in [5, 5.41) is 6.47. The van der Waals surface area contributed by atoms with Crippen molar-refractivity contribution in [3.8, 4) is 0 Å². The number of aryl methyl sites for hydroxylation is 1. The standard InChI is InChI=1S/C18H22FN3.HI/c1-3-20-18(21-12-15-7-5-4-6-8-15)22-13-16-10-9-14(2)17(19)11-16;/h4-11H,3,12-13H2,1-2H3,(H2,20,21,22);1H. The molecule has 124 valence electrons. The third-order valence-electron chi connectivity index (χ3n) is 3.30. The van der Waals surface area contributed by atoms with Gasteiger partial charge in [0, 0.05) is 13.1 Å². The normalized spacial score (nSPS) is 10.8. The molecule has 0 spiro atoms. The van der Waals surface area contributed by atoms with Crippen LogP contribution >= 0.6 is 24.0 Å². The van der Waals surface area contributed by atoms with Gasteiger partial charge in [-0.1, -0.05) is 42.5 Å². The molecule has 0 saturated carbocycles. The molecule has 5 heteroatoms. The van der Waals surface area contributed by atoms with Crippen LogP contribution in [0.3, 0.4) is 0 Å². The van der Waals surface area contributed by atoms with E-state index in [2.05, 4.69) is 27.8 Å². The minimum absolute atomic E-state index is 0. The van der Waals surface area contributed by atoms with Crippen LogP contribution < -0.4 is 10.6 Å².